The Bertz CT molecular complexity index is 392. The molecule has 0 spiro atoms. The van der Waals surface area contributed by atoms with Crippen LogP contribution in [0.25, 0.3) is 0 Å². The molecule has 1 aliphatic carbocycles. The number of benzene rings is 1. The van der Waals surface area contributed by atoms with Gasteiger partial charge in [-0.2, -0.15) is 12.2 Å². The van der Waals surface area contributed by atoms with Crippen molar-refractivity contribution in [2.75, 3.05) is 7.11 Å². The van der Waals surface area contributed by atoms with Gasteiger partial charge in [-0.05, 0) is 17.9 Å². The SMILES string of the molecule is COc1ccccc1OC1=[C-]CC=C1.[Cl-].[Cl-].[Ti+3]. The van der Waals surface area contributed by atoms with Gasteiger partial charge in [0.05, 0.1) is 7.11 Å². The van der Waals surface area contributed by atoms with E-state index in [0.29, 0.717) is 0 Å². The molecule has 5 heteroatoms. The summed E-state index contributed by atoms with van der Waals surface area (Å²) >= 11 is 0. The molecule has 1 aromatic carbocycles. The predicted molar refractivity (Wildman–Crippen MR) is 54.1 cm³/mol. The van der Waals surface area contributed by atoms with Crippen molar-refractivity contribution in [2.24, 2.45) is 0 Å². The summed E-state index contributed by atoms with van der Waals surface area (Å²) in [5.41, 5.74) is 0. The van der Waals surface area contributed by atoms with Gasteiger partial charge in [0.2, 0.25) is 0 Å². The van der Waals surface area contributed by atoms with E-state index in [-0.39, 0.29) is 46.5 Å². The quantitative estimate of drug-likeness (QED) is 0.431. The van der Waals surface area contributed by atoms with Crippen molar-refractivity contribution in [3.63, 3.8) is 0 Å². The van der Waals surface area contributed by atoms with Crippen LogP contribution in [0.3, 0.4) is 0 Å². The van der Waals surface area contributed by atoms with Crippen LogP contribution >= 0.6 is 0 Å². The van der Waals surface area contributed by atoms with Crippen LogP contribution in [0.15, 0.2) is 42.2 Å². The molecule has 0 bridgehead atoms. The fourth-order valence-electron chi connectivity index (χ4n) is 1.28. The summed E-state index contributed by atoms with van der Waals surface area (Å²) in [6.07, 6.45) is 7.82. The van der Waals surface area contributed by atoms with Crippen LogP contribution in [0.1, 0.15) is 6.42 Å². The van der Waals surface area contributed by atoms with Crippen LogP contribution in [0.2, 0.25) is 0 Å². The minimum Gasteiger partial charge on any atom is -1.00 e. The average Bonchev–Trinajstić information content (AvgIpc) is 2.71. The van der Waals surface area contributed by atoms with Crippen LogP contribution < -0.4 is 34.3 Å². The van der Waals surface area contributed by atoms with Gasteiger partial charge < -0.3 is 34.3 Å². The van der Waals surface area contributed by atoms with Crippen LogP contribution in [-0.2, 0) is 21.7 Å². The summed E-state index contributed by atoms with van der Waals surface area (Å²) in [5.74, 6) is 2.22. The van der Waals surface area contributed by atoms with E-state index in [4.69, 9.17) is 9.47 Å². The minimum absolute atomic E-state index is 0. The Kier molecular flexibility index (Phi) is 10.7. The van der Waals surface area contributed by atoms with Crippen molar-refractivity contribution in [3.8, 4) is 11.5 Å². The third-order valence-corrected chi connectivity index (χ3v) is 1.95. The van der Waals surface area contributed by atoms with Crippen molar-refractivity contribution < 1.29 is 56.0 Å². The molecular formula is C12H11Cl2O2Ti. The maximum atomic E-state index is 5.59. The number of allylic oxidation sites excluding steroid dienone is 3. The van der Waals surface area contributed by atoms with E-state index in [1.54, 1.807) is 7.11 Å². The van der Waals surface area contributed by atoms with Gasteiger partial charge >= 0.3 is 21.7 Å². The van der Waals surface area contributed by atoms with E-state index in [1.807, 2.05) is 36.4 Å². The van der Waals surface area contributed by atoms with Crippen molar-refractivity contribution in [1.29, 1.82) is 0 Å². The van der Waals surface area contributed by atoms with Gasteiger partial charge in [-0.1, -0.05) is 12.1 Å². The Hall–Kier alpha value is -0.406. The molecule has 2 rings (SSSR count). The van der Waals surface area contributed by atoms with Crippen LogP contribution in [0.4, 0.5) is 0 Å². The molecule has 0 saturated carbocycles. The molecule has 0 heterocycles. The van der Waals surface area contributed by atoms with Crippen LogP contribution in [0, 0.1) is 6.08 Å². The van der Waals surface area contributed by atoms with Gasteiger partial charge in [0.25, 0.3) is 0 Å². The zero-order valence-corrected chi connectivity index (χ0v) is 12.3. The fourth-order valence-corrected chi connectivity index (χ4v) is 1.28. The zero-order valence-electron chi connectivity index (χ0n) is 9.24. The topological polar surface area (TPSA) is 18.5 Å². The number of halogens is 2. The summed E-state index contributed by atoms with van der Waals surface area (Å²) in [6, 6.07) is 7.57. The van der Waals surface area contributed by atoms with Gasteiger partial charge in [0.1, 0.15) is 0 Å². The maximum Gasteiger partial charge on any atom is 3.00 e. The summed E-state index contributed by atoms with van der Waals surface area (Å²) in [7, 11) is 1.63. The van der Waals surface area contributed by atoms with Crippen molar-refractivity contribution in [2.45, 2.75) is 6.42 Å². The molecule has 0 aromatic heterocycles. The molecule has 0 fully saturated rings. The first-order valence-electron chi connectivity index (χ1n) is 4.48. The van der Waals surface area contributed by atoms with Gasteiger partial charge in [0.15, 0.2) is 11.5 Å². The summed E-state index contributed by atoms with van der Waals surface area (Å²) in [5, 5.41) is 0. The molecule has 89 valence electrons. The standard InChI is InChI=1S/C12H11O2.2ClH.Ti/c1-13-11-8-4-5-9-12(11)14-10-6-2-3-7-10;;;/h2,4-6,8-9H,3H2,1H3;2*1H;/q-1;;;+3/p-2. The second kappa shape index (κ2) is 9.61. The molecule has 0 amide bonds. The van der Waals surface area contributed by atoms with Crippen molar-refractivity contribution in [3.05, 3.63) is 48.3 Å². The number of rotatable bonds is 3. The summed E-state index contributed by atoms with van der Waals surface area (Å²) < 4.78 is 10.8. The largest absolute Gasteiger partial charge is 3.00 e. The van der Waals surface area contributed by atoms with E-state index >= 15 is 0 Å². The molecule has 0 aliphatic heterocycles. The van der Waals surface area contributed by atoms with E-state index < -0.39 is 0 Å². The van der Waals surface area contributed by atoms with Gasteiger partial charge in [0, 0.05) is 0 Å². The van der Waals surface area contributed by atoms with Crippen LogP contribution in [-0.4, -0.2) is 7.11 Å². The monoisotopic (exact) mass is 305 g/mol. The average molecular weight is 306 g/mol. The Balaban J connectivity index is 0. The molecular weight excluding hydrogens is 295 g/mol. The molecule has 0 saturated heterocycles. The molecule has 1 aliphatic rings. The molecule has 0 atom stereocenters. The zero-order chi connectivity index (χ0) is 9.80. The molecule has 2 nitrogen and oxygen atoms in total. The minimum atomic E-state index is 0. The van der Waals surface area contributed by atoms with Gasteiger partial charge in [-0.25, -0.2) is 6.08 Å². The molecule has 1 aromatic rings. The van der Waals surface area contributed by atoms with E-state index in [0.717, 1.165) is 23.7 Å². The first-order chi connectivity index (χ1) is 6.90. The maximum absolute atomic E-state index is 5.59. The van der Waals surface area contributed by atoms with Crippen molar-refractivity contribution in [1.82, 2.24) is 0 Å². The summed E-state index contributed by atoms with van der Waals surface area (Å²) in [6.45, 7) is 0. The normalized spacial score (nSPS) is 11.5. The summed E-state index contributed by atoms with van der Waals surface area (Å²) in [4.78, 5) is 0. The Morgan fingerprint density at radius 2 is 1.76 bits per heavy atom. The first kappa shape index (κ1) is 18.9. The molecule has 1 radical (unpaired) electrons. The first-order valence-corrected chi connectivity index (χ1v) is 4.48. The molecule has 17 heavy (non-hydrogen) atoms. The van der Waals surface area contributed by atoms with Gasteiger partial charge in [-0.3, -0.25) is 0 Å². The fraction of sp³-hybridized carbons (Fsp3) is 0.167. The van der Waals surface area contributed by atoms with Crippen LogP contribution in [0.5, 0.6) is 11.5 Å². The van der Waals surface area contributed by atoms with E-state index in [2.05, 4.69) is 6.08 Å². The Morgan fingerprint density at radius 1 is 1.12 bits per heavy atom. The Morgan fingerprint density at radius 3 is 2.29 bits per heavy atom. The second-order valence-corrected chi connectivity index (χ2v) is 2.90. The van der Waals surface area contributed by atoms with E-state index in [1.165, 1.54) is 0 Å². The predicted octanol–water partition coefficient (Wildman–Crippen LogP) is -3.27. The third kappa shape index (κ3) is 5.18. The smallest absolute Gasteiger partial charge is 1.00 e. The second-order valence-electron chi connectivity index (χ2n) is 2.90. The Labute approximate surface area is 129 Å². The number of hydrogen-bond acceptors (Lipinski definition) is 2. The molecule has 0 unspecified atom stereocenters. The number of hydrogen-bond donors (Lipinski definition) is 0. The number of ether oxygens (including phenoxy) is 2. The number of methoxy groups -OCH3 is 1. The molecule has 0 N–H and O–H groups in total. The van der Waals surface area contributed by atoms with Crippen molar-refractivity contribution >= 4 is 0 Å². The van der Waals surface area contributed by atoms with E-state index in [9.17, 15) is 0 Å². The third-order valence-electron chi connectivity index (χ3n) is 1.95. The number of para-hydroxylation sites is 2. The van der Waals surface area contributed by atoms with Gasteiger partial charge in [-0.15, -0.1) is 6.42 Å².